The molecule has 0 spiro atoms. The van der Waals surface area contributed by atoms with Crippen molar-refractivity contribution >= 4 is 16.7 Å². The zero-order chi connectivity index (χ0) is 19.9. The first-order chi connectivity index (χ1) is 14.3. The maximum absolute atomic E-state index is 12.3. The number of nitrogens with zero attached hydrogens (tertiary/aromatic N) is 1. The molecule has 1 saturated heterocycles. The van der Waals surface area contributed by atoms with Gasteiger partial charge in [0.15, 0.2) is 0 Å². The van der Waals surface area contributed by atoms with Gasteiger partial charge < -0.3 is 15.0 Å². The number of likely N-dealkylation sites (tertiary alicyclic amines) is 1. The van der Waals surface area contributed by atoms with E-state index < -0.39 is 0 Å². The third kappa shape index (κ3) is 5.15. The normalized spacial score (nSPS) is 15.3. The maximum Gasteiger partial charge on any atom is 0.251 e. The molecule has 0 atom stereocenters. The van der Waals surface area contributed by atoms with E-state index in [0.29, 0.717) is 0 Å². The summed E-state index contributed by atoms with van der Waals surface area (Å²) >= 11 is 0. The van der Waals surface area contributed by atoms with Gasteiger partial charge in [0.05, 0.1) is 6.61 Å². The molecule has 3 aromatic rings. The fourth-order valence-electron chi connectivity index (χ4n) is 3.95. The van der Waals surface area contributed by atoms with E-state index in [4.69, 9.17) is 4.74 Å². The Balaban J connectivity index is 1.17. The van der Waals surface area contributed by atoms with E-state index in [9.17, 15) is 4.79 Å². The van der Waals surface area contributed by atoms with Crippen molar-refractivity contribution in [2.24, 2.45) is 0 Å². The molecule has 1 N–H and O–H groups in total. The van der Waals surface area contributed by atoms with Crippen LogP contribution in [0.2, 0.25) is 0 Å². The van der Waals surface area contributed by atoms with Crippen LogP contribution in [0, 0.1) is 0 Å². The summed E-state index contributed by atoms with van der Waals surface area (Å²) in [6.07, 6.45) is 3.01. The molecule has 0 aromatic heterocycles. The van der Waals surface area contributed by atoms with Gasteiger partial charge in [0.1, 0.15) is 5.75 Å². The van der Waals surface area contributed by atoms with Crippen LogP contribution in [0.25, 0.3) is 10.8 Å². The number of ether oxygens (including phenoxy) is 1. The summed E-state index contributed by atoms with van der Waals surface area (Å²) in [6, 6.07) is 24.3. The molecule has 1 aliphatic rings. The molecule has 4 rings (SSSR count). The molecule has 1 aliphatic heterocycles. The monoisotopic (exact) mass is 388 g/mol. The van der Waals surface area contributed by atoms with E-state index >= 15 is 0 Å². The predicted octanol–water partition coefficient (Wildman–Crippen LogP) is 4.50. The smallest absolute Gasteiger partial charge is 0.251 e. The second-order valence-electron chi connectivity index (χ2n) is 7.63. The summed E-state index contributed by atoms with van der Waals surface area (Å²) in [5.74, 6) is 0.998. The highest BCUT2D eigenvalue weighted by Crippen LogP contribution is 2.25. The van der Waals surface area contributed by atoms with Gasteiger partial charge in [0.2, 0.25) is 0 Å². The Morgan fingerprint density at radius 1 is 0.931 bits per heavy atom. The summed E-state index contributed by atoms with van der Waals surface area (Å²) in [7, 11) is 0. The van der Waals surface area contributed by atoms with Crippen LogP contribution in [-0.4, -0.2) is 43.1 Å². The van der Waals surface area contributed by atoms with Gasteiger partial charge in [-0.15, -0.1) is 0 Å². The molecule has 4 nitrogen and oxygen atoms in total. The average molecular weight is 389 g/mol. The van der Waals surface area contributed by atoms with Gasteiger partial charge in [-0.2, -0.15) is 0 Å². The average Bonchev–Trinajstić information content (AvgIpc) is 2.78. The van der Waals surface area contributed by atoms with E-state index in [-0.39, 0.29) is 11.9 Å². The fraction of sp³-hybridized carbons (Fsp3) is 0.320. The van der Waals surface area contributed by atoms with Gasteiger partial charge in [-0.25, -0.2) is 0 Å². The Morgan fingerprint density at radius 2 is 1.66 bits per heavy atom. The van der Waals surface area contributed by atoms with Gasteiger partial charge in [0, 0.05) is 36.6 Å². The standard InChI is InChI=1S/C25H28N2O2/c28-25(21-9-2-1-3-10-21)26-22-14-17-27(18-15-22)16-7-19-29-24-13-6-11-20-8-4-5-12-23(20)24/h1-6,8-13,22H,7,14-19H2,(H,26,28). The molecule has 3 aromatic carbocycles. The number of carbonyl (C=O) groups is 1. The highest BCUT2D eigenvalue weighted by molar-refractivity contribution is 5.94. The lowest BCUT2D eigenvalue weighted by atomic mass is 10.0. The van der Waals surface area contributed by atoms with Crippen molar-refractivity contribution in [2.75, 3.05) is 26.2 Å². The summed E-state index contributed by atoms with van der Waals surface area (Å²) < 4.78 is 6.05. The van der Waals surface area contributed by atoms with E-state index in [2.05, 4.69) is 40.5 Å². The molecular weight excluding hydrogens is 360 g/mol. The minimum atomic E-state index is 0.0348. The topological polar surface area (TPSA) is 41.6 Å². The van der Waals surface area contributed by atoms with Crippen molar-refractivity contribution in [3.05, 3.63) is 78.4 Å². The van der Waals surface area contributed by atoms with Gasteiger partial charge in [-0.05, 0) is 42.8 Å². The number of rotatable bonds is 7. The Hall–Kier alpha value is -2.85. The molecular formula is C25H28N2O2. The maximum atomic E-state index is 12.3. The number of hydrogen-bond donors (Lipinski definition) is 1. The zero-order valence-corrected chi connectivity index (χ0v) is 16.7. The van der Waals surface area contributed by atoms with Crippen LogP contribution >= 0.6 is 0 Å². The third-order valence-electron chi connectivity index (χ3n) is 5.58. The van der Waals surface area contributed by atoms with Crippen LogP contribution in [0.4, 0.5) is 0 Å². The minimum Gasteiger partial charge on any atom is -0.493 e. The van der Waals surface area contributed by atoms with E-state index in [0.717, 1.165) is 56.8 Å². The first kappa shape index (κ1) is 19.5. The van der Waals surface area contributed by atoms with Crippen LogP contribution in [-0.2, 0) is 0 Å². The number of benzene rings is 3. The van der Waals surface area contributed by atoms with Gasteiger partial charge in [-0.1, -0.05) is 54.6 Å². The molecule has 0 aliphatic carbocycles. The van der Waals surface area contributed by atoms with Crippen molar-refractivity contribution in [1.29, 1.82) is 0 Å². The molecule has 29 heavy (non-hydrogen) atoms. The summed E-state index contributed by atoms with van der Waals surface area (Å²) in [5, 5.41) is 5.56. The van der Waals surface area contributed by atoms with Crippen LogP contribution < -0.4 is 10.1 Å². The second-order valence-corrected chi connectivity index (χ2v) is 7.63. The van der Waals surface area contributed by atoms with E-state index in [1.807, 2.05) is 42.5 Å². The lowest BCUT2D eigenvalue weighted by molar-refractivity contribution is 0.0909. The number of amides is 1. The summed E-state index contributed by atoms with van der Waals surface area (Å²) in [6.45, 7) is 3.80. The van der Waals surface area contributed by atoms with Gasteiger partial charge >= 0.3 is 0 Å². The summed E-state index contributed by atoms with van der Waals surface area (Å²) in [5.41, 5.74) is 0.737. The summed E-state index contributed by atoms with van der Waals surface area (Å²) in [4.78, 5) is 14.8. The molecule has 1 amide bonds. The van der Waals surface area contributed by atoms with Crippen molar-refractivity contribution in [2.45, 2.75) is 25.3 Å². The highest BCUT2D eigenvalue weighted by Gasteiger charge is 2.20. The molecule has 0 saturated carbocycles. The van der Waals surface area contributed by atoms with Crippen molar-refractivity contribution < 1.29 is 9.53 Å². The minimum absolute atomic E-state index is 0.0348. The number of piperidine rings is 1. The lowest BCUT2D eigenvalue weighted by Crippen LogP contribution is -2.45. The number of carbonyl (C=O) groups excluding carboxylic acids is 1. The Morgan fingerprint density at radius 3 is 2.48 bits per heavy atom. The van der Waals surface area contributed by atoms with Crippen LogP contribution in [0.15, 0.2) is 72.8 Å². The zero-order valence-electron chi connectivity index (χ0n) is 16.7. The Labute approximate surface area is 172 Å². The molecule has 0 unspecified atom stereocenters. The molecule has 0 radical (unpaired) electrons. The lowest BCUT2D eigenvalue weighted by Gasteiger charge is -2.32. The van der Waals surface area contributed by atoms with Gasteiger partial charge in [-0.3, -0.25) is 4.79 Å². The third-order valence-corrected chi connectivity index (χ3v) is 5.58. The van der Waals surface area contributed by atoms with Crippen LogP contribution in [0.1, 0.15) is 29.6 Å². The molecule has 1 heterocycles. The fourth-order valence-corrected chi connectivity index (χ4v) is 3.95. The van der Waals surface area contributed by atoms with E-state index in [1.54, 1.807) is 0 Å². The van der Waals surface area contributed by atoms with Crippen LogP contribution in [0.5, 0.6) is 5.75 Å². The molecule has 0 bridgehead atoms. The molecule has 4 heteroatoms. The quantitative estimate of drug-likeness (QED) is 0.606. The van der Waals surface area contributed by atoms with Crippen molar-refractivity contribution in [3.63, 3.8) is 0 Å². The predicted molar refractivity (Wildman–Crippen MR) is 117 cm³/mol. The van der Waals surface area contributed by atoms with Crippen LogP contribution in [0.3, 0.4) is 0 Å². The molecule has 1 fully saturated rings. The largest absolute Gasteiger partial charge is 0.493 e. The Bertz CT molecular complexity index is 928. The molecule has 150 valence electrons. The SMILES string of the molecule is O=C(NC1CCN(CCCOc2cccc3ccccc23)CC1)c1ccccc1. The van der Waals surface area contributed by atoms with E-state index in [1.165, 1.54) is 10.8 Å². The number of nitrogens with one attached hydrogen (secondary N) is 1. The van der Waals surface area contributed by atoms with Crippen molar-refractivity contribution in [1.82, 2.24) is 10.2 Å². The highest BCUT2D eigenvalue weighted by atomic mass is 16.5. The van der Waals surface area contributed by atoms with Gasteiger partial charge in [0.25, 0.3) is 5.91 Å². The Kier molecular flexibility index (Phi) is 6.42. The van der Waals surface area contributed by atoms with Crippen molar-refractivity contribution in [3.8, 4) is 5.75 Å². The number of fused-ring (bicyclic) bond motifs is 1. The first-order valence-electron chi connectivity index (χ1n) is 10.5. The first-order valence-corrected chi connectivity index (χ1v) is 10.5. The number of hydrogen-bond acceptors (Lipinski definition) is 3. The second kappa shape index (κ2) is 9.57.